The second kappa shape index (κ2) is 6.10. The molecule has 0 spiro atoms. The first kappa shape index (κ1) is 18.9. The molecule has 2 heterocycles. The first-order valence-electron chi connectivity index (χ1n) is 12.3. The molecule has 4 unspecified atom stereocenters. The number of hydrogen-bond donors (Lipinski definition) is 1. The van der Waals surface area contributed by atoms with Crippen molar-refractivity contribution in [2.75, 3.05) is 0 Å². The van der Waals surface area contributed by atoms with Crippen molar-refractivity contribution in [3.63, 3.8) is 0 Å². The van der Waals surface area contributed by atoms with Crippen LogP contribution in [0.15, 0.2) is 30.3 Å². The smallest absolute Gasteiger partial charge is 0.0734 e. The molecule has 6 bridgehead atoms. The summed E-state index contributed by atoms with van der Waals surface area (Å²) in [6.07, 6.45) is 14.1. The highest BCUT2D eigenvalue weighted by Crippen LogP contribution is 2.73. The minimum atomic E-state index is -0.433. The molecule has 4 atom stereocenters. The van der Waals surface area contributed by atoms with Gasteiger partial charge < -0.3 is 5.11 Å². The van der Waals surface area contributed by atoms with Gasteiger partial charge in [-0.05, 0) is 86.5 Å². The van der Waals surface area contributed by atoms with Gasteiger partial charge >= 0.3 is 0 Å². The normalized spacial score (nSPS) is 51.3. The molecule has 1 aromatic rings. The third-order valence-electron chi connectivity index (χ3n) is 9.98. The number of hydrogen-bond acceptors (Lipinski definition) is 2. The summed E-state index contributed by atoms with van der Waals surface area (Å²) in [6.45, 7) is 6.18. The first-order valence-corrected chi connectivity index (χ1v) is 12.3. The number of fused-ring (bicyclic) bond motifs is 2. The van der Waals surface area contributed by atoms with Crippen LogP contribution in [0, 0.1) is 22.2 Å². The van der Waals surface area contributed by atoms with E-state index in [9.17, 15) is 5.11 Å². The Hall–Kier alpha value is -0.860. The van der Waals surface area contributed by atoms with Crippen LogP contribution < -0.4 is 0 Å². The van der Waals surface area contributed by atoms with Gasteiger partial charge in [-0.3, -0.25) is 4.90 Å². The maximum Gasteiger partial charge on any atom is 0.0734 e. The lowest BCUT2D eigenvalue weighted by molar-refractivity contribution is -0.251. The lowest BCUT2D eigenvalue weighted by Crippen LogP contribution is -2.68. The molecule has 2 heteroatoms. The van der Waals surface area contributed by atoms with Crippen LogP contribution in [0.4, 0.5) is 0 Å². The molecule has 4 saturated carbocycles. The molecular weight excluding hydrogens is 354 g/mol. The molecule has 1 N–H and O–H groups in total. The van der Waals surface area contributed by atoms with Crippen molar-refractivity contribution in [2.24, 2.45) is 22.2 Å². The summed E-state index contributed by atoms with van der Waals surface area (Å²) in [7, 11) is 0. The van der Waals surface area contributed by atoms with Crippen LogP contribution in [-0.4, -0.2) is 27.7 Å². The average molecular weight is 394 g/mol. The number of benzene rings is 1. The fraction of sp³-hybridized carbons (Fsp3) is 0.778. The van der Waals surface area contributed by atoms with E-state index in [0.717, 1.165) is 25.3 Å². The Balaban J connectivity index is 1.30. The average Bonchev–Trinajstić information content (AvgIpc) is 2.60. The Bertz CT molecular complexity index is 755. The van der Waals surface area contributed by atoms with Crippen LogP contribution in [-0.2, 0) is 6.54 Å². The van der Waals surface area contributed by atoms with Crippen LogP contribution in [0.3, 0.4) is 0 Å². The Labute approximate surface area is 177 Å². The van der Waals surface area contributed by atoms with Crippen LogP contribution in [0.25, 0.3) is 0 Å². The first-order chi connectivity index (χ1) is 13.8. The Kier molecular flexibility index (Phi) is 3.97. The second-order valence-electron chi connectivity index (χ2n) is 12.7. The quantitative estimate of drug-likeness (QED) is 0.688. The van der Waals surface area contributed by atoms with Crippen molar-refractivity contribution in [3.8, 4) is 0 Å². The van der Waals surface area contributed by atoms with Gasteiger partial charge in [0.2, 0.25) is 0 Å². The Morgan fingerprint density at radius 2 is 1.48 bits per heavy atom. The van der Waals surface area contributed by atoms with E-state index in [1.807, 2.05) is 0 Å². The minimum Gasteiger partial charge on any atom is -0.389 e. The highest BCUT2D eigenvalue weighted by molar-refractivity contribution is 5.20. The van der Waals surface area contributed by atoms with Crippen LogP contribution in [0.5, 0.6) is 0 Å². The molecule has 0 radical (unpaired) electrons. The minimum absolute atomic E-state index is 0.197. The summed E-state index contributed by atoms with van der Waals surface area (Å²) in [4.78, 5) is 2.78. The summed E-state index contributed by atoms with van der Waals surface area (Å²) >= 11 is 0. The van der Waals surface area contributed by atoms with Crippen LogP contribution in [0.2, 0.25) is 0 Å². The molecule has 0 amide bonds. The maximum atomic E-state index is 12.4. The van der Waals surface area contributed by atoms with Gasteiger partial charge in [0.15, 0.2) is 0 Å². The molecule has 6 aliphatic rings. The van der Waals surface area contributed by atoms with E-state index in [2.05, 4.69) is 49.1 Å². The van der Waals surface area contributed by atoms with E-state index in [0.29, 0.717) is 22.9 Å². The van der Waals surface area contributed by atoms with Crippen LogP contribution >= 0.6 is 0 Å². The standard InChI is InChI=1S/C27H39NO/c1-24-11-21-12-25(2,17-24)19-26(13-21,18-24)27(29)14-22-9-6-10-23(15-27)28(22)16-20-7-4-3-5-8-20/h3-5,7-8,21-23,29H,6,9-19H2,1-2H3. The molecule has 1 aromatic carbocycles. The maximum absolute atomic E-state index is 12.4. The zero-order valence-corrected chi connectivity index (χ0v) is 18.5. The second-order valence-corrected chi connectivity index (χ2v) is 12.7. The summed E-state index contributed by atoms with van der Waals surface area (Å²) < 4.78 is 0. The van der Waals surface area contributed by atoms with Crippen molar-refractivity contribution < 1.29 is 5.11 Å². The predicted octanol–water partition coefficient (Wildman–Crippen LogP) is 5.93. The molecule has 6 fully saturated rings. The molecular formula is C27H39NO. The van der Waals surface area contributed by atoms with E-state index in [-0.39, 0.29) is 5.41 Å². The van der Waals surface area contributed by atoms with Gasteiger partial charge in [0.25, 0.3) is 0 Å². The van der Waals surface area contributed by atoms with Crippen molar-refractivity contribution in [1.82, 2.24) is 4.90 Å². The highest BCUT2D eigenvalue weighted by Gasteiger charge is 2.67. The number of nitrogens with zero attached hydrogens (tertiary/aromatic N) is 1. The predicted molar refractivity (Wildman–Crippen MR) is 117 cm³/mol. The van der Waals surface area contributed by atoms with Crippen molar-refractivity contribution >= 4 is 0 Å². The van der Waals surface area contributed by atoms with Gasteiger partial charge in [-0.15, -0.1) is 0 Å². The SMILES string of the molecule is CC12CC3CC(C)(C1)CC(C1(O)CC4CCCC(C1)N4Cc1ccccc1)(C3)C2. The molecule has 2 nitrogen and oxygen atoms in total. The van der Waals surface area contributed by atoms with Gasteiger partial charge in [-0.25, -0.2) is 0 Å². The zero-order valence-electron chi connectivity index (χ0n) is 18.5. The third-order valence-corrected chi connectivity index (χ3v) is 9.98. The van der Waals surface area contributed by atoms with Crippen molar-refractivity contribution in [2.45, 2.75) is 109 Å². The number of rotatable bonds is 3. The van der Waals surface area contributed by atoms with Crippen molar-refractivity contribution in [1.29, 1.82) is 0 Å². The topological polar surface area (TPSA) is 23.5 Å². The number of aliphatic hydroxyl groups is 1. The third kappa shape index (κ3) is 2.88. The highest BCUT2D eigenvalue weighted by atomic mass is 16.3. The summed E-state index contributed by atoms with van der Waals surface area (Å²) in [5.74, 6) is 0.868. The van der Waals surface area contributed by atoms with E-state index >= 15 is 0 Å². The monoisotopic (exact) mass is 393 g/mol. The summed E-state index contributed by atoms with van der Waals surface area (Å²) in [5.41, 5.74) is 2.17. The molecule has 158 valence electrons. The summed E-state index contributed by atoms with van der Waals surface area (Å²) in [5, 5.41) is 12.4. The van der Waals surface area contributed by atoms with Crippen molar-refractivity contribution in [3.05, 3.63) is 35.9 Å². The van der Waals surface area contributed by atoms with Gasteiger partial charge in [-0.1, -0.05) is 50.6 Å². The van der Waals surface area contributed by atoms with Gasteiger partial charge in [-0.2, -0.15) is 0 Å². The fourth-order valence-corrected chi connectivity index (χ4v) is 9.97. The lowest BCUT2D eigenvalue weighted by Gasteiger charge is -2.71. The zero-order chi connectivity index (χ0) is 19.9. The Morgan fingerprint density at radius 1 is 0.862 bits per heavy atom. The molecule has 7 rings (SSSR count). The fourth-order valence-electron chi connectivity index (χ4n) is 9.97. The van der Waals surface area contributed by atoms with Crippen LogP contribution in [0.1, 0.15) is 90.0 Å². The molecule has 4 aliphatic carbocycles. The Morgan fingerprint density at radius 3 is 2.07 bits per heavy atom. The van der Waals surface area contributed by atoms with E-state index in [1.165, 1.54) is 63.4 Å². The van der Waals surface area contributed by atoms with E-state index in [1.54, 1.807) is 0 Å². The molecule has 0 aromatic heterocycles. The molecule has 2 aliphatic heterocycles. The number of piperidine rings is 2. The molecule has 29 heavy (non-hydrogen) atoms. The van der Waals surface area contributed by atoms with Gasteiger partial charge in [0.05, 0.1) is 5.60 Å². The lowest BCUT2D eigenvalue weighted by atomic mass is 9.36. The van der Waals surface area contributed by atoms with E-state index < -0.39 is 5.60 Å². The molecule has 2 saturated heterocycles. The van der Waals surface area contributed by atoms with E-state index in [4.69, 9.17) is 0 Å². The largest absolute Gasteiger partial charge is 0.389 e. The van der Waals surface area contributed by atoms with Gasteiger partial charge in [0.1, 0.15) is 0 Å². The van der Waals surface area contributed by atoms with Gasteiger partial charge in [0, 0.05) is 24.0 Å². The summed E-state index contributed by atoms with van der Waals surface area (Å²) in [6, 6.07) is 12.1.